The number of amides is 1. The molecule has 35 heavy (non-hydrogen) atoms. The average Bonchev–Trinajstić information content (AvgIpc) is 2.89. The molecule has 0 saturated carbocycles. The molecule has 0 spiro atoms. The SMILES string of the molecule is COc1ccc(Cn2c(=O)c3ncccc3n(CC(=O)Nc3ccc(OC)c(OC)c3)c2=O)cc1. The summed E-state index contributed by atoms with van der Waals surface area (Å²) in [7, 11) is 4.57. The number of pyridine rings is 1. The molecular weight excluding hydrogens is 452 g/mol. The van der Waals surface area contributed by atoms with Crippen LogP contribution in [0.1, 0.15) is 5.56 Å². The Labute approximate surface area is 200 Å². The number of hydrogen-bond donors (Lipinski definition) is 1. The van der Waals surface area contributed by atoms with Crippen LogP contribution < -0.4 is 30.8 Å². The van der Waals surface area contributed by atoms with Crippen molar-refractivity contribution in [3.8, 4) is 17.2 Å². The predicted octanol–water partition coefficient (Wildman–Crippen LogP) is 2.27. The Bertz CT molecular complexity index is 1490. The molecule has 1 N–H and O–H groups in total. The van der Waals surface area contributed by atoms with Crippen LogP contribution in [-0.4, -0.2) is 41.4 Å². The van der Waals surface area contributed by atoms with E-state index in [2.05, 4.69) is 10.3 Å². The Morgan fingerprint density at radius 3 is 2.34 bits per heavy atom. The Morgan fingerprint density at radius 2 is 1.66 bits per heavy atom. The summed E-state index contributed by atoms with van der Waals surface area (Å²) < 4.78 is 17.9. The maximum atomic E-state index is 13.4. The summed E-state index contributed by atoms with van der Waals surface area (Å²) in [5, 5.41) is 2.75. The molecule has 2 heterocycles. The third-order valence-corrected chi connectivity index (χ3v) is 5.46. The third-order valence-electron chi connectivity index (χ3n) is 5.46. The van der Waals surface area contributed by atoms with E-state index in [9.17, 15) is 14.4 Å². The maximum Gasteiger partial charge on any atom is 0.332 e. The Balaban J connectivity index is 1.69. The molecular formula is C25H24N4O6. The summed E-state index contributed by atoms with van der Waals surface area (Å²) in [6, 6.07) is 15.2. The zero-order valence-electron chi connectivity index (χ0n) is 19.5. The van der Waals surface area contributed by atoms with Gasteiger partial charge in [-0.05, 0) is 42.0 Å². The molecule has 10 heteroatoms. The largest absolute Gasteiger partial charge is 0.497 e. The van der Waals surface area contributed by atoms with E-state index in [4.69, 9.17) is 14.2 Å². The van der Waals surface area contributed by atoms with Crippen LogP contribution in [0.5, 0.6) is 17.2 Å². The minimum Gasteiger partial charge on any atom is -0.497 e. The summed E-state index contributed by atoms with van der Waals surface area (Å²) >= 11 is 0. The van der Waals surface area contributed by atoms with Crippen LogP contribution in [0.15, 0.2) is 70.4 Å². The van der Waals surface area contributed by atoms with Crippen molar-refractivity contribution in [1.82, 2.24) is 14.1 Å². The molecule has 2 aromatic carbocycles. The van der Waals surface area contributed by atoms with Gasteiger partial charge in [0.15, 0.2) is 17.0 Å². The van der Waals surface area contributed by atoms with Crippen molar-refractivity contribution < 1.29 is 19.0 Å². The van der Waals surface area contributed by atoms with Crippen LogP contribution in [0, 0.1) is 0 Å². The fourth-order valence-electron chi connectivity index (χ4n) is 3.71. The van der Waals surface area contributed by atoms with Crippen molar-refractivity contribution in [2.24, 2.45) is 0 Å². The number of carbonyl (C=O) groups excluding carboxylic acids is 1. The molecule has 0 fully saturated rings. The van der Waals surface area contributed by atoms with Gasteiger partial charge in [0.05, 0.1) is 33.4 Å². The van der Waals surface area contributed by atoms with Crippen molar-refractivity contribution in [2.45, 2.75) is 13.1 Å². The number of fused-ring (bicyclic) bond motifs is 1. The first kappa shape index (κ1) is 23.6. The lowest BCUT2D eigenvalue weighted by Crippen LogP contribution is -2.42. The summed E-state index contributed by atoms with van der Waals surface area (Å²) in [5.41, 5.74) is 0.415. The van der Waals surface area contributed by atoms with E-state index >= 15 is 0 Å². The molecule has 0 saturated heterocycles. The number of methoxy groups -OCH3 is 3. The van der Waals surface area contributed by atoms with Gasteiger partial charge in [-0.15, -0.1) is 0 Å². The van der Waals surface area contributed by atoms with Crippen molar-refractivity contribution in [2.75, 3.05) is 26.6 Å². The topological polar surface area (TPSA) is 114 Å². The quantitative estimate of drug-likeness (QED) is 0.415. The molecule has 4 rings (SSSR count). The standard InChI is InChI=1S/C25H24N4O6/c1-33-18-9-6-16(7-10-18)14-29-24(31)23-19(5-4-12-26-23)28(25(29)32)15-22(30)27-17-8-11-20(34-2)21(13-17)35-3/h4-13H,14-15H2,1-3H3,(H,27,30). The molecule has 180 valence electrons. The number of nitrogens with zero attached hydrogens (tertiary/aromatic N) is 3. The highest BCUT2D eigenvalue weighted by atomic mass is 16.5. The van der Waals surface area contributed by atoms with Crippen LogP contribution in [0.4, 0.5) is 5.69 Å². The van der Waals surface area contributed by atoms with Gasteiger partial charge in [-0.1, -0.05) is 12.1 Å². The van der Waals surface area contributed by atoms with Crippen LogP contribution in [0.25, 0.3) is 11.0 Å². The monoisotopic (exact) mass is 476 g/mol. The molecule has 0 aliphatic rings. The highest BCUT2D eigenvalue weighted by Gasteiger charge is 2.17. The molecule has 0 aliphatic carbocycles. The number of aromatic nitrogens is 3. The zero-order chi connectivity index (χ0) is 24.9. The van der Waals surface area contributed by atoms with Gasteiger partial charge in [0.2, 0.25) is 5.91 Å². The Kier molecular flexibility index (Phi) is 6.81. The number of ether oxygens (including phenoxy) is 3. The first-order valence-corrected chi connectivity index (χ1v) is 10.7. The number of anilines is 1. The van der Waals surface area contributed by atoms with E-state index in [0.717, 1.165) is 10.1 Å². The number of benzene rings is 2. The van der Waals surface area contributed by atoms with Crippen LogP contribution in [0.2, 0.25) is 0 Å². The Morgan fingerprint density at radius 1 is 0.914 bits per heavy atom. The van der Waals surface area contributed by atoms with Crippen LogP contribution in [0.3, 0.4) is 0 Å². The van der Waals surface area contributed by atoms with E-state index in [1.54, 1.807) is 61.7 Å². The second kappa shape index (κ2) is 10.1. The summed E-state index contributed by atoms with van der Waals surface area (Å²) in [6.45, 7) is -0.302. The number of hydrogen-bond acceptors (Lipinski definition) is 7. The molecule has 0 atom stereocenters. The van der Waals surface area contributed by atoms with E-state index in [-0.39, 0.29) is 24.1 Å². The molecule has 0 unspecified atom stereocenters. The molecule has 10 nitrogen and oxygen atoms in total. The lowest BCUT2D eigenvalue weighted by atomic mass is 10.2. The van der Waals surface area contributed by atoms with Crippen molar-refractivity contribution in [3.05, 3.63) is 87.2 Å². The van der Waals surface area contributed by atoms with Gasteiger partial charge in [0, 0.05) is 18.0 Å². The van der Waals surface area contributed by atoms with Gasteiger partial charge in [-0.3, -0.25) is 18.7 Å². The van der Waals surface area contributed by atoms with E-state index in [1.807, 2.05) is 0 Å². The molecule has 0 aliphatic heterocycles. The zero-order valence-corrected chi connectivity index (χ0v) is 19.5. The normalized spacial score (nSPS) is 10.7. The lowest BCUT2D eigenvalue weighted by Gasteiger charge is -2.14. The van der Waals surface area contributed by atoms with Gasteiger partial charge in [-0.2, -0.15) is 0 Å². The Hall–Kier alpha value is -4.60. The lowest BCUT2D eigenvalue weighted by molar-refractivity contribution is -0.116. The molecule has 1 amide bonds. The van der Waals surface area contributed by atoms with Crippen molar-refractivity contribution in [3.63, 3.8) is 0 Å². The van der Waals surface area contributed by atoms with E-state index in [1.165, 1.54) is 25.0 Å². The summed E-state index contributed by atoms with van der Waals surface area (Å²) in [4.78, 5) is 43.5. The van der Waals surface area contributed by atoms with Crippen molar-refractivity contribution >= 4 is 22.6 Å². The molecule has 2 aromatic heterocycles. The summed E-state index contributed by atoms with van der Waals surface area (Å²) in [5.74, 6) is 1.17. The van der Waals surface area contributed by atoms with Gasteiger partial charge >= 0.3 is 5.69 Å². The third kappa shape index (κ3) is 4.86. The summed E-state index contributed by atoms with van der Waals surface area (Å²) in [6.07, 6.45) is 1.47. The average molecular weight is 476 g/mol. The second-order valence-corrected chi connectivity index (χ2v) is 7.60. The van der Waals surface area contributed by atoms with Gasteiger partial charge in [-0.25, -0.2) is 9.78 Å². The highest BCUT2D eigenvalue weighted by Crippen LogP contribution is 2.29. The second-order valence-electron chi connectivity index (χ2n) is 7.60. The fourth-order valence-corrected chi connectivity index (χ4v) is 3.71. The van der Waals surface area contributed by atoms with Gasteiger partial charge in [0.25, 0.3) is 5.56 Å². The minimum absolute atomic E-state index is 0.0193. The molecule has 0 radical (unpaired) electrons. The minimum atomic E-state index is -0.617. The van der Waals surface area contributed by atoms with Crippen LogP contribution >= 0.6 is 0 Å². The fraction of sp³-hybridized carbons (Fsp3) is 0.200. The van der Waals surface area contributed by atoms with Gasteiger partial charge < -0.3 is 19.5 Å². The molecule has 0 bridgehead atoms. The van der Waals surface area contributed by atoms with Crippen molar-refractivity contribution in [1.29, 1.82) is 0 Å². The number of rotatable bonds is 8. The van der Waals surface area contributed by atoms with Gasteiger partial charge in [0.1, 0.15) is 12.3 Å². The maximum absolute atomic E-state index is 13.4. The number of carbonyl (C=O) groups is 1. The van der Waals surface area contributed by atoms with E-state index < -0.39 is 17.2 Å². The smallest absolute Gasteiger partial charge is 0.332 e. The first-order valence-electron chi connectivity index (χ1n) is 10.7. The number of nitrogens with one attached hydrogen (secondary N) is 1. The first-order chi connectivity index (χ1) is 16.9. The highest BCUT2D eigenvalue weighted by molar-refractivity contribution is 5.91. The predicted molar refractivity (Wildman–Crippen MR) is 131 cm³/mol. The van der Waals surface area contributed by atoms with Crippen LogP contribution in [-0.2, 0) is 17.9 Å². The molecule has 4 aromatic rings. The van der Waals surface area contributed by atoms with E-state index in [0.29, 0.717) is 22.9 Å².